The molecular formula is C20H24FN3O2. The van der Waals surface area contributed by atoms with Crippen molar-refractivity contribution >= 4 is 11.7 Å². The van der Waals surface area contributed by atoms with Gasteiger partial charge in [-0.1, -0.05) is 12.1 Å². The van der Waals surface area contributed by atoms with E-state index in [1.807, 2.05) is 25.1 Å². The number of hydrogen-bond donors (Lipinski definition) is 0. The van der Waals surface area contributed by atoms with Crippen LogP contribution in [-0.2, 0) is 11.2 Å². The Labute approximate surface area is 153 Å². The molecule has 26 heavy (non-hydrogen) atoms. The minimum Gasteiger partial charge on any atom is -0.375 e. The van der Waals surface area contributed by atoms with Crippen LogP contribution in [0.2, 0.25) is 0 Å². The number of carbonyl (C=O) groups excluding carboxylic acids is 1. The van der Waals surface area contributed by atoms with E-state index in [1.165, 1.54) is 17.7 Å². The molecular weight excluding hydrogens is 333 g/mol. The van der Waals surface area contributed by atoms with E-state index in [-0.39, 0.29) is 17.6 Å². The Morgan fingerprint density at radius 1 is 1.35 bits per heavy atom. The molecule has 1 aliphatic rings. The fraction of sp³-hybridized carbons (Fsp3) is 0.400. The predicted octanol–water partition coefficient (Wildman–Crippen LogP) is 2.76. The summed E-state index contributed by atoms with van der Waals surface area (Å²) in [7, 11) is 3.92. The number of rotatable bonds is 5. The molecule has 2 aromatic rings. The first-order valence-corrected chi connectivity index (χ1v) is 8.82. The van der Waals surface area contributed by atoms with Crippen LogP contribution < -0.4 is 4.90 Å². The van der Waals surface area contributed by atoms with E-state index in [0.717, 1.165) is 18.7 Å². The van der Waals surface area contributed by atoms with Crippen LogP contribution in [0, 0.1) is 5.82 Å². The monoisotopic (exact) mass is 357 g/mol. The van der Waals surface area contributed by atoms with Gasteiger partial charge in [-0.25, -0.2) is 9.37 Å². The predicted molar refractivity (Wildman–Crippen MR) is 98.9 cm³/mol. The van der Waals surface area contributed by atoms with Crippen molar-refractivity contribution in [2.24, 2.45) is 0 Å². The number of aromatic nitrogens is 1. The first kappa shape index (κ1) is 18.3. The average molecular weight is 357 g/mol. The highest BCUT2D eigenvalue weighted by atomic mass is 19.1. The molecule has 1 fully saturated rings. The maximum Gasteiger partial charge on any atom is 0.256 e. The molecule has 1 aromatic carbocycles. The summed E-state index contributed by atoms with van der Waals surface area (Å²) < 4.78 is 19.7. The number of hydrogen-bond acceptors (Lipinski definition) is 4. The fourth-order valence-corrected chi connectivity index (χ4v) is 3.07. The van der Waals surface area contributed by atoms with Crippen molar-refractivity contribution in [3.8, 4) is 0 Å². The number of amides is 1. The highest BCUT2D eigenvalue weighted by Gasteiger charge is 2.26. The third-order valence-electron chi connectivity index (χ3n) is 4.55. The molecule has 0 N–H and O–H groups in total. The van der Waals surface area contributed by atoms with Crippen LogP contribution in [0.25, 0.3) is 0 Å². The van der Waals surface area contributed by atoms with Gasteiger partial charge in [0.15, 0.2) is 0 Å². The first-order chi connectivity index (χ1) is 12.5. The van der Waals surface area contributed by atoms with Crippen LogP contribution in [0.1, 0.15) is 22.3 Å². The van der Waals surface area contributed by atoms with Gasteiger partial charge >= 0.3 is 0 Å². The molecule has 0 saturated carbocycles. The summed E-state index contributed by atoms with van der Waals surface area (Å²) in [4.78, 5) is 20.5. The smallest absolute Gasteiger partial charge is 0.256 e. The molecule has 0 aliphatic carbocycles. The van der Waals surface area contributed by atoms with E-state index in [0.29, 0.717) is 19.7 Å². The van der Waals surface area contributed by atoms with Crippen LogP contribution in [0.3, 0.4) is 0 Å². The zero-order valence-electron chi connectivity index (χ0n) is 15.2. The van der Waals surface area contributed by atoms with E-state index in [4.69, 9.17) is 4.74 Å². The molecule has 138 valence electrons. The van der Waals surface area contributed by atoms with Crippen molar-refractivity contribution in [2.75, 3.05) is 38.7 Å². The van der Waals surface area contributed by atoms with Gasteiger partial charge in [-0.2, -0.15) is 0 Å². The van der Waals surface area contributed by atoms with Crippen molar-refractivity contribution in [2.45, 2.75) is 18.9 Å². The highest BCUT2D eigenvalue weighted by molar-refractivity contribution is 5.94. The Morgan fingerprint density at radius 3 is 2.92 bits per heavy atom. The fourth-order valence-electron chi connectivity index (χ4n) is 3.07. The van der Waals surface area contributed by atoms with Crippen molar-refractivity contribution in [1.29, 1.82) is 0 Å². The number of morpholine rings is 1. The summed E-state index contributed by atoms with van der Waals surface area (Å²) >= 11 is 0. The molecule has 5 nitrogen and oxygen atoms in total. The van der Waals surface area contributed by atoms with E-state index < -0.39 is 5.82 Å². The van der Waals surface area contributed by atoms with Crippen LogP contribution in [0.5, 0.6) is 0 Å². The molecule has 0 radical (unpaired) electrons. The van der Waals surface area contributed by atoms with Crippen LogP contribution >= 0.6 is 0 Å². The number of aryl methyl sites for hydroxylation is 1. The summed E-state index contributed by atoms with van der Waals surface area (Å²) in [5.74, 6) is 0.173. The number of carbonyl (C=O) groups is 1. The van der Waals surface area contributed by atoms with Gasteiger partial charge in [0.05, 0.1) is 18.3 Å². The third kappa shape index (κ3) is 4.38. The zero-order valence-corrected chi connectivity index (χ0v) is 15.2. The molecule has 1 aromatic heterocycles. The molecule has 0 unspecified atom stereocenters. The van der Waals surface area contributed by atoms with Gasteiger partial charge < -0.3 is 14.5 Å². The minimum absolute atomic E-state index is 0.0459. The zero-order chi connectivity index (χ0) is 18.5. The van der Waals surface area contributed by atoms with Gasteiger partial charge in [-0.15, -0.1) is 0 Å². The Bertz CT molecular complexity index is 766. The van der Waals surface area contributed by atoms with Crippen molar-refractivity contribution < 1.29 is 13.9 Å². The first-order valence-electron chi connectivity index (χ1n) is 8.82. The molecule has 6 heteroatoms. The number of ether oxygens (including phenoxy) is 1. The summed E-state index contributed by atoms with van der Waals surface area (Å²) in [6.07, 6.45) is 3.41. The maximum absolute atomic E-state index is 13.9. The summed E-state index contributed by atoms with van der Waals surface area (Å²) in [5.41, 5.74) is 1.31. The second-order valence-corrected chi connectivity index (χ2v) is 6.68. The molecule has 1 saturated heterocycles. The molecule has 0 bridgehead atoms. The molecule has 0 spiro atoms. The molecule has 1 amide bonds. The molecule has 1 aliphatic heterocycles. The van der Waals surface area contributed by atoms with E-state index in [2.05, 4.69) is 11.1 Å². The normalized spacial score (nSPS) is 17.2. The molecule has 3 rings (SSSR count). The topological polar surface area (TPSA) is 45.7 Å². The van der Waals surface area contributed by atoms with E-state index in [9.17, 15) is 9.18 Å². The lowest BCUT2D eigenvalue weighted by Crippen LogP contribution is -2.46. The second kappa shape index (κ2) is 8.27. The van der Waals surface area contributed by atoms with E-state index >= 15 is 0 Å². The number of benzene rings is 1. The van der Waals surface area contributed by atoms with E-state index in [1.54, 1.807) is 23.2 Å². The lowest BCUT2D eigenvalue weighted by molar-refractivity contribution is -0.0247. The number of nitrogens with zero attached hydrogens (tertiary/aromatic N) is 3. The summed E-state index contributed by atoms with van der Waals surface area (Å²) in [5, 5.41) is 0. The lowest BCUT2D eigenvalue weighted by atomic mass is 10.1. The number of anilines is 1. The maximum atomic E-state index is 13.9. The quantitative estimate of drug-likeness (QED) is 0.825. The minimum atomic E-state index is -0.478. The average Bonchev–Trinajstić information content (AvgIpc) is 2.67. The third-order valence-corrected chi connectivity index (χ3v) is 4.55. The lowest BCUT2D eigenvalue weighted by Gasteiger charge is -2.33. The van der Waals surface area contributed by atoms with Crippen molar-refractivity contribution in [1.82, 2.24) is 9.88 Å². The van der Waals surface area contributed by atoms with Crippen molar-refractivity contribution in [3.63, 3.8) is 0 Å². The van der Waals surface area contributed by atoms with Gasteiger partial charge in [0.2, 0.25) is 0 Å². The Morgan fingerprint density at radius 2 is 2.15 bits per heavy atom. The van der Waals surface area contributed by atoms with Crippen molar-refractivity contribution in [3.05, 3.63) is 59.5 Å². The number of halogens is 1. The van der Waals surface area contributed by atoms with Gasteiger partial charge in [-0.3, -0.25) is 4.79 Å². The Hall–Kier alpha value is -2.47. The largest absolute Gasteiger partial charge is 0.375 e. The molecule has 1 atom stereocenters. The van der Waals surface area contributed by atoms with Crippen LogP contribution in [0.15, 0.2) is 42.6 Å². The van der Waals surface area contributed by atoms with Gasteiger partial charge in [0.1, 0.15) is 11.6 Å². The molecule has 2 heterocycles. The SMILES string of the molecule is CN(C)c1cc(CC[C@@H]2CN(C(=O)c3ccccc3F)CCO2)ccn1. The van der Waals surface area contributed by atoms with Gasteiger partial charge in [0, 0.05) is 33.4 Å². The summed E-state index contributed by atoms with van der Waals surface area (Å²) in [6, 6.07) is 10.2. The number of pyridine rings is 1. The Kier molecular flexibility index (Phi) is 5.83. The van der Waals surface area contributed by atoms with Gasteiger partial charge in [-0.05, 0) is 42.7 Å². The second-order valence-electron chi connectivity index (χ2n) is 6.68. The Balaban J connectivity index is 1.59. The van der Waals surface area contributed by atoms with Crippen LogP contribution in [-0.4, -0.2) is 55.7 Å². The standard InChI is InChI=1S/C20H24FN3O2/c1-23(2)19-13-15(9-10-22-19)7-8-16-14-24(11-12-26-16)20(25)17-5-3-4-6-18(17)21/h3-6,9-10,13,16H,7-8,11-12,14H2,1-2H3/t16-/m1/s1. The highest BCUT2D eigenvalue weighted by Crippen LogP contribution is 2.18. The van der Waals surface area contributed by atoms with Gasteiger partial charge in [0.25, 0.3) is 5.91 Å². The summed E-state index contributed by atoms with van der Waals surface area (Å²) in [6.45, 7) is 1.45. The van der Waals surface area contributed by atoms with Crippen LogP contribution in [0.4, 0.5) is 10.2 Å².